The lowest BCUT2D eigenvalue weighted by Crippen LogP contribution is -2.46. The van der Waals surface area contributed by atoms with Gasteiger partial charge in [-0.2, -0.15) is 0 Å². The molecule has 18 heavy (non-hydrogen) atoms. The monoisotopic (exact) mass is 244 g/mol. The van der Waals surface area contributed by atoms with Gasteiger partial charge in [-0.15, -0.1) is 0 Å². The summed E-state index contributed by atoms with van der Waals surface area (Å²) < 4.78 is 0. The van der Waals surface area contributed by atoms with E-state index in [0.717, 1.165) is 36.0 Å². The van der Waals surface area contributed by atoms with Gasteiger partial charge in [-0.05, 0) is 74.5 Å². The highest BCUT2D eigenvalue weighted by Gasteiger charge is 2.49. The molecule has 6 atom stereocenters. The Morgan fingerprint density at radius 3 is 2.67 bits per heavy atom. The van der Waals surface area contributed by atoms with Crippen LogP contribution in [-0.2, 0) is 4.79 Å². The highest BCUT2D eigenvalue weighted by atomic mass is 16.1. The van der Waals surface area contributed by atoms with Gasteiger partial charge in [0, 0.05) is 12.3 Å². The number of ketones is 1. The number of rotatable bonds is 0. The number of hydrogen-bond donors (Lipinski definition) is 0. The zero-order chi connectivity index (χ0) is 12.1. The van der Waals surface area contributed by atoms with Crippen molar-refractivity contribution in [3.8, 4) is 0 Å². The van der Waals surface area contributed by atoms with Crippen LogP contribution in [0.3, 0.4) is 0 Å². The number of allylic oxidation sites excluding steroid dienone is 2. The van der Waals surface area contributed by atoms with Gasteiger partial charge in [0.25, 0.3) is 0 Å². The summed E-state index contributed by atoms with van der Waals surface area (Å²) >= 11 is 0. The fourth-order valence-corrected chi connectivity index (χ4v) is 5.80. The van der Waals surface area contributed by atoms with E-state index in [4.69, 9.17) is 0 Å². The maximum atomic E-state index is 12.1. The average Bonchev–Trinajstić information content (AvgIpc) is 2.87. The van der Waals surface area contributed by atoms with Crippen LogP contribution in [0.25, 0.3) is 0 Å². The van der Waals surface area contributed by atoms with Gasteiger partial charge >= 0.3 is 0 Å². The summed E-state index contributed by atoms with van der Waals surface area (Å²) in [7, 11) is 0. The minimum atomic E-state index is 0.464. The fourth-order valence-electron chi connectivity index (χ4n) is 5.80. The third kappa shape index (κ3) is 1.55. The highest BCUT2D eigenvalue weighted by Crippen LogP contribution is 2.55. The molecular formula is C17H24O. The molecular weight excluding hydrogens is 220 g/mol. The maximum Gasteiger partial charge on any atom is 0.136 e. The lowest BCUT2D eigenvalue weighted by molar-refractivity contribution is -0.132. The summed E-state index contributed by atoms with van der Waals surface area (Å²) in [5, 5.41) is 0. The van der Waals surface area contributed by atoms with Crippen molar-refractivity contribution in [2.45, 2.75) is 51.4 Å². The lowest BCUT2D eigenvalue weighted by Gasteiger charge is -2.51. The Bertz CT molecular complexity index is 383. The minimum Gasteiger partial charge on any atom is -0.299 e. The standard InChI is InChI=1S/C17H24O/c18-17-6-2-5-13-15-8-7-11-3-1-4-12(11)14(15)9-10-16(13)17/h1,3,11-16H,2,4-10H2. The molecule has 0 aromatic carbocycles. The molecule has 0 bridgehead atoms. The first kappa shape index (κ1) is 11.3. The van der Waals surface area contributed by atoms with E-state index in [9.17, 15) is 4.79 Å². The van der Waals surface area contributed by atoms with Crippen LogP contribution in [-0.4, -0.2) is 5.78 Å². The molecule has 98 valence electrons. The molecule has 0 heterocycles. The Balaban J connectivity index is 1.59. The number of Topliss-reactive ketones (excluding diaryl/α,β-unsaturated/α-hetero) is 1. The first-order valence-corrected chi connectivity index (χ1v) is 8.04. The Labute approximate surface area is 110 Å². The Hall–Kier alpha value is -0.590. The van der Waals surface area contributed by atoms with Crippen molar-refractivity contribution >= 4 is 5.78 Å². The molecule has 0 aromatic heterocycles. The van der Waals surface area contributed by atoms with Crippen LogP contribution in [0.15, 0.2) is 12.2 Å². The van der Waals surface area contributed by atoms with Gasteiger partial charge in [-0.1, -0.05) is 12.2 Å². The van der Waals surface area contributed by atoms with Crippen LogP contribution in [0.2, 0.25) is 0 Å². The molecule has 4 aliphatic carbocycles. The molecule has 0 radical (unpaired) electrons. The van der Waals surface area contributed by atoms with Crippen LogP contribution in [0.5, 0.6) is 0 Å². The Kier molecular flexibility index (Phi) is 2.63. The zero-order valence-corrected chi connectivity index (χ0v) is 11.2. The second kappa shape index (κ2) is 4.21. The normalized spacial score (nSPS) is 50.6. The topological polar surface area (TPSA) is 17.1 Å². The average molecular weight is 244 g/mol. The summed E-state index contributed by atoms with van der Waals surface area (Å²) in [4.78, 5) is 12.1. The molecule has 0 aromatic rings. The molecule has 3 saturated carbocycles. The van der Waals surface area contributed by atoms with Crippen molar-refractivity contribution in [1.29, 1.82) is 0 Å². The van der Waals surface area contributed by atoms with Crippen LogP contribution in [0.4, 0.5) is 0 Å². The highest BCUT2D eigenvalue weighted by molar-refractivity contribution is 5.82. The van der Waals surface area contributed by atoms with E-state index < -0.39 is 0 Å². The molecule has 1 nitrogen and oxygen atoms in total. The number of carbonyl (C=O) groups is 1. The number of fused-ring (bicyclic) bond motifs is 5. The summed E-state index contributed by atoms with van der Waals surface area (Å²) in [5.74, 6) is 5.53. The van der Waals surface area contributed by atoms with Gasteiger partial charge in [0.2, 0.25) is 0 Å². The summed E-state index contributed by atoms with van der Waals surface area (Å²) in [6, 6.07) is 0. The van der Waals surface area contributed by atoms with Crippen molar-refractivity contribution < 1.29 is 4.79 Å². The molecule has 3 fully saturated rings. The maximum absolute atomic E-state index is 12.1. The van der Waals surface area contributed by atoms with E-state index in [0.29, 0.717) is 11.7 Å². The third-order valence-electron chi connectivity index (χ3n) is 6.53. The van der Waals surface area contributed by atoms with Gasteiger partial charge in [-0.3, -0.25) is 4.79 Å². The second-order valence-electron chi connectivity index (χ2n) is 7.10. The van der Waals surface area contributed by atoms with Crippen molar-refractivity contribution in [3.05, 3.63) is 12.2 Å². The summed E-state index contributed by atoms with van der Waals surface area (Å²) in [5.41, 5.74) is 0. The van der Waals surface area contributed by atoms with Crippen molar-refractivity contribution in [1.82, 2.24) is 0 Å². The molecule has 4 rings (SSSR count). The van der Waals surface area contributed by atoms with Gasteiger partial charge in [-0.25, -0.2) is 0 Å². The van der Waals surface area contributed by atoms with Crippen molar-refractivity contribution in [3.63, 3.8) is 0 Å². The van der Waals surface area contributed by atoms with Gasteiger partial charge < -0.3 is 0 Å². The van der Waals surface area contributed by atoms with Gasteiger partial charge in [0.1, 0.15) is 5.78 Å². The predicted molar refractivity (Wildman–Crippen MR) is 72.0 cm³/mol. The minimum absolute atomic E-state index is 0.464. The number of hydrogen-bond acceptors (Lipinski definition) is 1. The van der Waals surface area contributed by atoms with Gasteiger partial charge in [0.15, 0.2) is 0 Å². The van der Waals surface area contributed by atoms with E-state index >= 15 is 0 Å². The second-order valence-corrected chi connectivity index (χ2v) is 7.10. The first-order chi connectivity index (χ1) is 8.84. The first-order valence-electron chi connectivity index (χ1n) is 8.04. The summed E-state index contributed by atoms with van der Waals surface area (Å²) in [6.45, 7) is 0. The van der Waals surface area contributed by atoms with Crippen molar-refractivity contribution in [2.75, 3.05) is 0 Å². The van der Waals surface area contributed by atoms with E-state index in [1.165, 1.54) is 44.9 Å². The molecule has 6 unspecified atom stereocenters. The molecule has 1 heteroatoms. The Morgan fingerprint density at radius 1 is 0.889 bits per heavy atom. The van der Waals surface area contributed by atoms with E-state index in [2.05, 4.69) is 12.2 Å². The Morgan fingerprint density at radius 2 is 1.72 bits per heavy atom. The lowest BCUT2D eigenvalue weighted by atomic mass is 9.53. The SMILES string of the molecule is O=C1CCCC2C1CCC1C3CC=CC3CCC21. The summed E-state index contributed by atoms with van der Waals surface area (Å²) in [6.07, 6.45) is 15.0. The number of carbonyl (C=O) groups excluding carboxylic acids is 1. The molecule has 0 amide bonds. The predicted octanol–water partition coefficient (Wildman–Crippen LogP) is 3.98. The van der Waals surface area contributed by atoms with E-state index in [-0.39, 0.29) is 0 Å². The quantitative estimate of drug-likeness (QED) is 0.589. The smallest absolute Gasteiger partial charge is 0.136 e. The van der Waals surface area contributed by atoms with E-state index in [1.807, 2.05) is 0 Å². The molecule has 0 saturated heterocycles. The zero-order valence-electron chi connectivity index (χ0n) is 11.2. The van der Waals surface area contributed by atoms with Crippen LogP contribution >= 0.6 is 0 Å². The molecule has 4 aliphatic rings. The largest absolute Gasteiger partial charge is 0.299 e. The van der Waals surface area contributed by atoms with Crippen LogP contribution in [0.1, 0.15) is 51.4 Å². The third-order valence-corrected chi connectivity index (χ3v) is 6.53. The molecule has 0 spiro atoms. The fraction of sp³-hybridized carbons (Fsp3) is 0.824. The van der Waals surface area contributed by atoms with Gasteiger partial charge in [0.05, 0.1) is 0 Å². The molecule has 0 aliphatic heterocycles. The van der Waals surface area contributed by atoms with Crippen LogP contribution < -0.4 is 0 Å². The molecule has 0 N–H and O–H groups in total. The van der Waals surface area contributed by atoms with Crippen molar-refractivity contribution in [2.24, 2.45) is 35.5 Å². The van der Waals surface area contributed by atoms with Crippen LogP contribution in [0, 0.1) is 35.5 Å². The van der Waals surface area contributed by atoms with E-state index in [1.54, 1.807) is 0 Å².